The van der Waals surface area contributed by atoms with E-state index < -0.39 is 0 Å². The minimum atomic E-state index is -0.273. The Morgan fingerprint density at radius 1 is 1.22 bits per heavy atom. The van der Waals surface area contributed by atoms with Crippen molar-refractivity contribution in [1.29, 1.82) is 0 Å². The molecule has 174 valence electrons. The molecular weight excluding hydrogens is 444 g/mol. The maximum Gasteiger partial charge on any atom is 0.199 e. The van der Waals surface area contributed by atoms with E-state index in [2.05, 4.69) is 28.2 Å². The van der Waals surface area contributed by atoms with E-state index in [1.807, 2.05) is 19.2 Å². The van der Waals surface area contributed by atoms with Crippen LogP contribution in [-0.2, 0) is 15.1 Å². The summed E-state index contributed by atoms with van der Waals surface area (Å²) in [5.41, 5.74) is 0.923. The van der Waals surface area contributed by atoms with Gasteiger partial charge in [0.05, 0.1) is 22.9 Å². The quantitative estimate of drug-likeness (QED) is 0.676. The molecule has 4 heterocycles. The van der Waals surface area contributed by atoms with Gasteiger partial charge in [-0.25, -0.2) is 4.99 Å². The molecule has 4 aliphatic rings. The molecule has 1 aromatic rings. The fraction of sp³-hybridized carbons (Fsp3) is 0.625. The molecule has 3 saturated heterocycles. The van der Waals surface area contributed by atoms with Crippen LogP contribution in [0, 0.1) is 0 Å². The van der Waals surface area contributed by atoms with E-state index in [9.17, 15) is 0 Å². The Labute approximate surface area is 198 Å². The predicted octanol–water partition coefficient (Wildman–Crippen LogP) is 3.66. The number of ether oxygens (including phenoxy) is 2. The molecule has 4 aliphatic heterocycles. The molecule has 5 rings (SSSR count). The van der Waals surface area contributed by atoms with Crippen LogP contribution in [0.25, 0.3) is 0 Å². The zero-order valence-corrected chi connectivity index (χ0v) is 20.3. The molecule has 0 amide bonds. The van der Waals surface area contributed by atoms with Crippen LogP contribution in [-0.4, -0.2) is 79.1 Å². The highest BCUT2D eigenvalue weighted by atomic mass is 35.5. The molecule has 0 aromatic heterocycles. The lowest BCUT2D eigenvalue weighted by molar-refractivity contribution is -0.0529. The van der Waals surface area contributed by atoms with Crippen molar-refractivity contribution in [3.8, 4) is 0 Å². The molecule has 8 heteroatoms. The van der Waals surface area contributed by atoms with Crippen molar-refractivity contribution in [1.82, 2.24) is 10.2 Å². The van der Waals surface area contributed by atoms with Crippen molar-refractivity contribution in [3.63, 3.8) is 0 Å². The molecule has 0 radical (unpaired) electrons. The van der Waals surface area contributed by atoms with Gasteiger partial charge in [0.25, 0.3) is 0 Å². The third-order valence-corrected chi connectivity index (χ3v) is 9.59. The zero-order chi connectivity index (χ0) is 22.1. The van der Waals surface area contributed by atoms with Crippen molar-refractivity contribution in [2.75, 3.05) is 39.2 Å². The number of hydrogen-bond donors (Lipinski definition) is 1. The number of piperidine rings is 1. The minimum Gasteiger partial charge on any atom is -0.381 e. The monoisotopic (exact) mass is 476 g/mol. The number of guanidine groups is 1. The number of fused-ring (bicyclic) bond motifs is 1. The first-order valence-electron chi connectivity index (χ1n) is 11.6. The van der Waals surface area contributed by atoms with Crippen molar-refractivity contribution in [2.45, 2.75) is 55.0 Å². The molecule has 0 spiro atoms. The van der Waals surface area contributed by atoms with Crippen LogP contribution in [0.4, 0.5) is 0 Å². The van der Waals surface area contributed by atoms with Gasteiger partial charge in [-0.05, 0) is 55.6 Å². The van der Waals surface area contributed by atoms with Gasteiger partial charge in [-0.1, -0.05) is 29.6 Å². The number of aliphatic imine (C=N–C) groups is 2. The topological polar surface area (TPSA) is 58.5 Å². The Morgan fingerprint density at radius 2 is 1.94 bits per heavy atom. The summed E-state index contributed by atoms with van der Waals surface area (Å²) in [7, 11) is 1.90. The molecular formula is C24H33ClN4O2S. The lowest BCUT2D eigenvalue weighted by Gasteiger charge is -2.43. The average Bonchev–Trinajstić information content (AvgIpc) is 3.21. The van der Waals surface area contributed by atoms with E-state index in [-0.39, 0.29) is 16.1 Å². The van der Waals surface area contributed by atoms with E-state index in [0.717, 1.165) is 81.0 Å². The van der Waals surface area contributed by atoms with E-state index in [0.29, 0.717) is 17.3 Å². The molecule has 1 N–H and O–H groups in total. The fourth-order valence-corrected chi connectivity index (χ4v) is 7.34. The molecule has 1 aromatic carbocycles. The summed E-state index contributed by atoms with van der Waals surface area (Å²) in [4.78, 5) is 12.7. The SMILES string of the molecule is C=S1CCC2N=C(N3CCC(OC)(c4ccc(Cl)cc4)CC3)NC(=NC3CCOCC3)C21. The van der Waals surface area contributed by atoms with Gasteiger partial charge in [0.15, 0.2) is 5.96 Å². The lowest BCUT2D eigenvalue weighted by atomic mass is 9.84. The van der Waals surface area contributed by atoms with Gasteiger partial charge in [0, 0.05) is 38.4 Å². The van der Waals surface area contributed by atoms with Gasteiger partial charge in [0.2, 0.25) is 0 Å². The second-order valence-corrected chi connectivity index (χ2v) is 11.6. The summed E-state index contributed by atoms with van der Waals surface area (Å²) in [6, 6.07) is 8.73. The van der Waals surface area contributed by atoms with Crippen LogP contribution in [0.3, 0.4) is 0 Å². The van der Waals surface area contributed by atoms with Gasteiger partial charge in [0.1, 0.15) is 5.84 Å². The van der Waals surface area contributed by atoms with E-state index in [4.69, 9.17) is 31.1 Å². The zero-order valence-electron chi connectivity index (χ0n) is 18.8. The number of amidine groups is 1. The molecule has 0 bridgehead atoms. The number of nitrogens with one attached hydrogen (secondary N) is 1. The molecule has 3 fully saturated rings. The number of benzene rings is 1. The second kappa shape index (κ2) is 9.45. The molecule has 3 unspecified atom stereocenters. The molecule has 0 aliphatic carbocycles. The number of rotatable bonds is 3. The highest BCUT2D eigenvalue weighted by Crippen LogP contribution is 2.39. The molecule has 0 saturated carbocycles. The first-order valence-corrected chi connectivity index (χ1v) is 13.6. The molecule has 6 nitrogen and oxygen atoms in total. The van der Waals surface area contributed by atoms with Gasteiger partial charge >= 0.3 is 0 Å². The standard InChI is InChI=1S/C24H33ClN4O2S/c1-30-24(17-3-5-18(25)6-4-17)10-12-29(13-11-24)23-27-20-9-16-32(2)21(20)22(28-23)26-19-7-14-31-15-8-19/h3-6,19-21H,2,7-16H2,1H3,(H,26,27,28). The number of halogens is 1. The number of likely N-dealkylation sites (tertiary alicyclic amines) is 1. The summed E-state index contributed by atoms with van der Waals surface area (Å²) in [5.74, 6) is 7.69. The van der Waals surface area contributed by atoms with Crippen LogP contribution < -0.4 is 5.32 Å². The van der Waals surface area contributed by atoms with Crippen LogP contribution in [0.2, 0.25) is 5.02 Å². The predicted molar refractivity (Wildman–Crippen MR) is 135 cm³/mol. The van der Waals surface area contributed by atoms with Crippen molar-refractivity contribution < 1.29 is 9.47 Å². The maximum atomic E-state index is 6.11. The molecule has 32 heavy (non-hydrogen) atoms. The third kappa shape index (κ3) is 4.37. The summed E-state index contributed by atoms with van der Waals surface area (Å²) in [6.45, 7) is 3.39. The normalized spacial score (nSPS) is 31.8. The number of methoxy groups -OCH3 is 1. The Kier molecular flexibility index (Phi) is 6.61. The smallest absolute Gasteiger partial charge is 0.199 e. The largest absolute Gasteiger partial charge is 0.381 e. The Bertz CT molecular complexity index is 905. The highest BCUT2D eigenvalue weighted by Gasteiger charge is 2.42. The minimum absolute atomic E-state index is 0.0847. The first kappa shape index (κ1) is 22.4. The van der Waals surface area contributed by atoms with Crippen LogP contribution in [0.1, 0.15) is 37.7 Å². The second-order valence-electron chi connectivity index (χ2n) is 9.15. The number of nitrogens with zero attached hydrogens (tertiary/aromatic N) is 3. The van der Waals surface area contributed by atoms with Crippen molar-refractivity contribution >= 4 is 39.8 Å². The van der Waals surface area contributed by atoms with Crippen molar-refractivity contribution in [2.24, 2.45) is 9.98 Å². The summed E-state index contributed by atoms with van der Waals surface area (Å²) in [6.07, 6.45) is 4.93. The lowest BCUT2D eigenvalue weighted by Crippen LogP contribution is -2.56. The van der Waals surface area contributed by atoms with Crippen molar-refractivity contribution in [3.05, 3.63) is 34.9 Å². The summed E-state index contributed by atoms with van der Waals surface area (Å²) < 4.78 is 11.6. The van der Waals surface area contributed by atoms with Gasteiger partial charge in [-0.15, -0.1) is 0 Å². The van der Waals surface area contributed by atoms with E-state index in [1.54, 1.807) is 0 Å². The van der Waals surface area contributed by atoms with Gasteiger partial charge < -0.3 is 19.7 Å². The van der Waals surface area contributed by atoms with Crippen LogP contribution >= 0.6 is 22.1 Å². The van der Waals surface area contributed by atoms with E-state index in [1.165, 1.54) is 5.56 Å². The third-order valence-electron chi connectivity index (χ3n) is 7.33. The number of hydrogen-bond acceptors (Lipinski definition) is 5. The average molecular weight is 477 g/mol. The summed E-state index contributed by atoms with van der Waals surface area (Å²) in [5, 5.41) is 4.76. The van der Waals surface area contributed by atoms with Crippen LogP contribution in [0.5, 0.6) is 0 Å². The highest BCUT2D eigenvalue weighted by molar-refractivity contribution is 8.15. The van der Waals surface area contributed by atoms with Gasteiger partial charge in [-0.2, -0.15) is 10.5 Å². The first-order chi connectivity index (χ1) is 15.6. The van der Waals surface area contributed by atoms with Crippen LogP contribution in [0.15, 0.2) is 34.3 Å². The Morgan fingerprint density at radius 3 is 2.62 bits per heavy atom. The Hall–Kier alpha value is -1.41. The fourth-order valence-electron chi connectivity index (χ4n) is 5.34. The van der Waals surface area contributed by atoms with E-state index >= 15 is 0 Å². The van der Waals surface area contributed by atoms with Gasteiger partial charge in [-0.3, -0.25) is 4.99 Å². The Balaban J connectivity index is 1.33. The summed E-state index contributed by atoms with van der Waals surface area (Å²) >= 11 is 6.11. The maximum absolute atomic E-state index is 6.11. The molecule has 3 atom stereocenters.